The SMILES string of the molecule is NC(=O)Cc1ccc(F)cc1OCC(O)CN1CCC(Oc2ccc(Cl)c(Cl)c2)CC1. The number of aliphatic hydroxyl groups is 1. The van der Waals surface area contributed by atoms with E-state index in [-0.39, 0.29) is 24.9 Å². The first kappa shape index (κ1) is 23.6. The topological polar surface area (TPSA) is 85.0 Å². The third kappa shape index (κ3) is 7.25. The number of nitrogens with two attached hydrogens (primary N) is 1. The highest BCUT2D eigenvalue weighted by Crippen LogP contribution is 2.28. The number of likely N-dealkylation sites (tertiary alicyclic amines) is 1. The zero-order chi connectivity index (χ0) is 22.4. The van der Waals surface area contributed by atoms with Gasteiger partial charge in [-0.05, 0) is 31.0 Å². The Balaban J connectivity index is 1.44. The molecule has 6 nitrogen and oxygen atoms in total. The van der Waals surface area contributed by atoms with E-state index in [2.05, 4.69) is 4.90 Å². The quantitative estimate of drug-likeness (QED) is 0.586. The van der Waals surface area contributed by atoms with Crippen molar-refractivity contribution in [1.29, 1.82) is 0 Å². The van der Waals surface area contributed by atoms with Crippen molar-refractivity contribution in [3.8, 4) is 11.5 Å². The van der Waals surface area contributed by atoms with Gasteiger partial charge in [-0.2, -0.15) is 0 Å². The average molecular weight is 471 g/mol. The zero-order valence-electron chi connectivity index (χ0n) is 16.9. The van der Waals surface area contributed by atoms with Crippen LogP contribution < -0.4 is 15.2 Å². The fourth-order valence-corrected chi connectivity index (χ4v) is 3.77. The third-order valence-electron chi connectivity index (χ3n) is 5.02. The highest BCUT2D eigenvalue weighted by Gasteiger charge is 2.23. The van der Waals surface area contributed by atoms with Crippen LogP contribution in [0, 0.1) is 5.82 Å². The summed E-state index contributed by atoms with van der Waals surface area (Å²) in [7, 11) is 0. The molecule has 1 heterocycles. The van der Waals surface area contributed by atoms with Gasteiger partial charge in [0.25, 0.3) is 0 Å². The molecule has 0 spiro atoms. The maximum absolute atomic E-state index is 13.5. The summed E-state index contributed by atoms with van der Waals surface area (Å²) in [6, 6.07) is 9.10. The van der Waals surface area contributed by atoms with Gasteiger partial charge in [0, 0.05) is 37.3 Å². The van der Waals surface area contributed by atoms with Crippen molar-refractivity contribution < 1.29 is 23.8 Å². The predicted octanol–water partition coefficient (Wildman–Crippen LogP) is 3.44. The third-order valence-corrected chi connectivity index (χ3v) is 5.76. The summed E-state index contributed by atoms with van der Waals surface area (Å²) >= 11 is 12.0. The Labute approximate surface area is 190 Å². The number of piperidine rings is 1. The summed E-state index contributed by atoms with van der Waals surface area (Å²) in [6.07, 6.45) is 0.849. The number of halogens is 3. The van der Waals surface area contributed by atoms with E-state index in [0.717, 1.165) is 25.9 Å². The first-order valence-electron chi connectivity index (χ1n) is 10.0. The van der Waals surface area contributed by atoms with Crippen molar-refractivity contribution in [3.05, 3.63) is 57.8 Å². The largest absolute Gasteiger partial charge is 0.490 e. The molecule has 0 saturated carbocycles. The number of ether oxygens (including phenoxy) is 2. The lowest BCUT2D eigenvalue weighted by atomic mass is 10.1. The Morgan fingerprint density at radius 1 is 1.19 bits per heavy atom. The molecular formula is C22H25Cl2FN2O4. The Morgan fingerprint density at radius 2 is 1.94 bits per heavy atom. The molecule has 1 saturated heterocycles. The van der Waals surface area contributed by atoms with E-state index >= 15 is 0 Å². The van der Waals surface area contributed by atoms with Gasteiger partial charge in [-0.15, -0.1) is 0 Å². The number of hydrogen-bond donors (Lipinski definition) is 2. The van der Waals surface area contributed by atoms with E-state index in [4.69, 9.17) is 38.4 Å². The number of nitrogens with zero attached hydrogens (tertiary/aromatic N) is 1. The van der Waals surface area contributed by atoms with E-state index in [0.29, 0.717) is 27.9 Å². The van der Waals surface area contributed by atoms with Crippen molar-refractivity contribution >= 4 is 29.1 Å². The number of aliphatic hydroxyl groups excluding tert-OH is 1. The predicted molar refractivity (Wildman–Crippen MR) is 117 cm³/mol. The van der Waals surface area contributed by atoms with Crippen LogP contribution in [-0.2, 0) is 11.2 Å². The monoisotopic (exact) mass is 470 g/mol. The molecule has 1 aliphatic rings. The van der Waals surface area contributed by atoms with Gasteiger partial charge in [-0.1, -0.05) is 29.3 Å². The smallest absolute Gasteiger partial charge is 0.221 e. The Bertz CT molecular complexity index is 907. The second-order valence-electron chi connectivity index (χ2n) is 7.55. The fraction of sp³-hybridized carbons (Fsp3) is 0.409. The van der Waals surface area contributed by atoms with Gasteiger partial charge in [-0.3, -0.25) is 4.79 Å². The van der Waals surface area contributed by atoms with Crippen LogP contribution in [0.5, 0.6) is 11.5 Å². The van der Waals surface area contributed by atoms with Crippen molar-refractivity contribution in [1.82, 2.24) is 4.90 Å². The van der Waals surface area contributed by atoms with Gasteiger partial charge >= 0.3 is 0 Å². The van der Waals surface area contributed by atoms with Crippen LogP contribution in [0.15, 0.2) is 36.4 Å². The molecule has 1 unspecified atom stereocenters. The summed E-state index contributed by atoms with van der Waals surface area (Å²) in [5.41, 5.74) is 5.71. The minimum atomic E-state index is -0.766. The second-order valence-corrected chi connectivity index (χ2v) is 8.37. The standard InChI is InChI=1S/C22H25Cl2FN2O4/c23-19-4-3-18(11-20(19)24)31-17-5-7-27(8-6-17)12-16(28)13-30-21-10-15(25)2-1-14(21)9-22(26)29/h1-4,10-11,16-17,28H,5-9,12-13H2,(H2,26,29). The van der Waals surface area contributed by atoms with Crippen LogP contribution >= 0.6 is 23.2 Å². The van der Waals surface area contributed by atoms with Crippen LogP contribution in [0.2, 0.25) is 10.0 Å². The van der Waals surface area contributed by atoms with Crippen LogP contribution in [-0.4, -0.2) is 54.4 Å². The van der Waals surface area contributed by atoms with Crippen LogP contribution in [0.1, 0.15) is 18.4 Å². The van der Waals surface area contributed by atoms with Gasteiger partial charge in [0.05, 0.1) is 16.5 Å². The molecule has 0 aromatic heterocycles. The number of β-amino-alcohol motifs (C(OH)–C–C–N with tert-alkyl or cyclic N) is 1. The Kier molecular flexibility index (Phi) is 8.37. The molecule has 1 atom stereocenters. The first-order valence-corrected chi connectivity index (χ1v) is 10.8. The number of amides is 1. The van der Waals surface area contributed by atoms with Gasteiger partial charge < -0.3 is 25.2 Å². The first-order chi connectivity index (χ1) is 14.8. The molecule has 3 rings (SSSR count). The van der Waals surface area contributed by atoms with Gasteiger partial charge in [0.1, 0.15) is 36.1 Å². The molecule has 2 aromatic rings. The molecule has 1 amide bonds. The molecule has 31 heavy (non-hydrogen) atoms. The van der Waals surface area contributed by atoms with E-state index in [1.165, 1.54) is 18.2 Å². The van der Waals surface area contributed by atoms with Crippen molar-refractivity contribution in [2.75, 3.05) is 26.2 Å². The lowest BCUT2D eigenvalue weighted by molar-refractivity contribution is -0.117. The van der Waals surface area contributed by atoms with Crippen molar-refractivity contribution in [2.45, 2.75) is 31.5 Å². The zero-order valence-corrected chi connectivity index (χ0v) is 18.4. The van der Waals surface area contributed by atoms with Gasteiger partial charge in [0.15, 0.2) is 0 Å². The summed E-state index contributed by atoms with van der Waals surface area (Å²) in [6.45, 7) is 1.92. The molecule has 3 N–H and O–H groups in total. The number of benzene rings is 2. The Morgan fingerprint density at radius 3 is 2.61 bits per heavy atom. The molecule has 1 fully saturated rings. The second kappa shape index (κ2) is 11.0. The lowest BCUT2D eigenvalue weighted by Crippen LogP contribution is -2.43. The number of rotatable bonds is 9. The average Bonchev–Trinajstić information content (AvgIpc) is 2.72. The minimum Gasteiger partial charge on any atom is -0.490 e. The number of hydrogen-bond acceptors (Lipinski definition) is 5. The van der Waals surface area contributed by atoms with Crippen LogP contribution in [0.4, 0.5) is 4.39 Å². The van der Waals surface area contributed by atoms with Crippen LogP contribution in [0.3, 0.4) is 0 Å². The van der Waals surface area contributed by atoms with Gasteiger partial charge in [0.2, 0.25) is 5.91 Å². The van der Waals surface area contributed by atoms with E-state index in [1.807, 2.05) is 0 Å². The molecule has 0 bridgehead atoms. The van der Waals surface area contributed by atoms with E-state index in [1.54, 1.807) is 18.2 Å². The molecule has 168 valence electrons. The van der Waals surface area contributed by atoms with Crippen molar-refractivity contribution in [2.24, 2.45) is 5.73 Å². The summed E-state index contributed by atoms with van der Waals surface area (Å²) in [5.74, 6) is -0.126. The summed E-state index contributed by atoms with van der Waals surface area (Å²) in [4.78, 5) is 13.3. The van der Waals surface area contributed by atoms with E-state index in [9.17, 15) is 14.3 Å². The number of primary amides is 1. The maximum atomic E-state index is 13.5. The fourth-order valence-electron chi connectivity index (χ4n) is 3.49. The molecule has 0 aliphatic carbocycles. The summed E-state index contributed by atoms with van der Waals surface area (Å²) < 4.78 is 25.1. The number of carbonyl (C=O) groups is 1. The number of carbonyl (C=O) groups excluding carboxylic acids is 1. The van der Waals surface area contributed by atoms with E-state index < -0.39 is 17.8 Å². The highest BCUT2D eigenvalue weighted by atomic mass is 35.5. The van der Waals surface area contributed by atoms with Crippen molar-refractivity contribution in [3.63, 3.8) is 0 Å². The highest BCUT2D eigenvalue weighted by molar-refractivity contribution is 6.42. The minimum absolute atomic E-state index is 0.0189. The van der Waals surface area contributed by atoms with Gasteiger partial charge in [-0.25, -0.2) is 4.39 Å². The Hall–Kier alpha value is -2.06. The normalized spacial score (nSPS) is 16.1. The molecule has 1 aliphatic heterocycles. The summed E-state index contributed by atoms with van der Waals surface area (Å²) in [5, 5.41) is 11.3. The lowest BCUT2D eigenvalue weighted by Gasteiger charge is -2.33. The molecule has 0 radical (unpaired) electrons. The maximum Gasteiger partial charge on any atom is 0.221 e. The molecule has 2 aromatic carbocycles. The molecule has 9 heteroatoms. The molecular weight excluding hydrogens is 446 g/mol. The van der Waals surface area contributed by atoms with Crippen LogP contribution in [0.25, 0.3) is 0 Å².